The van der Waals surface area contributed by atoms with Gasteiger partial charge in [0.05, 0.1) is 26.4 Å². The first-order chi connectivity index (χ1) is 9.26. The minimum atomic E-state index is -0.201. The molecule has 1 atom stereocenters. The third-order valence-corrected chi connectivity index (χ3v) is 2.44. The molecule has 0 spiro atoms. The molecule has 1 aromatic rings. The molecule has 0 saturated heterocycles. The largest absolute Gasteiger partial charge is 0.491 e. The fourth-order valence-corrected chi connectivity index (χ4v) is 1.47. The van der Waals surface area contributed by atoms with Crippen LogP contribution in [0.4, 0.5) is 0 Å². The van der Waals surface area contributed by atoms with Crippen molar-refractivity contribution in [1.29, 1.82) is 0 Å². The second kappa shape index (κ2) is 9.55. The standard InChI is InChI=1S/C15H22O4/c1-3-9-17-11-15(18-10-8-16)12-19-14-6-4-13(2)5-7-14/h3-7,15-16H,1,8-12H2,2H3. The van der Waals surface area contributed by atoms with Crippen molar-refractivity contribution in [2.75, 3.05) is 33.0 Å². The Morgan fingerprint density at radius 1 is 1.26 bits per heavy atom. The van der Waals surface area contributed by atoms with E-state index >= 15 is 0 Å². The van der Waals surface area contributed by atoms with Gasteiger partial charge in [0, 0.05) is 0 Å². The van der Waals surface area contributed by atoms with E-state index in [1.807, 2.05) is 31.2 Å². The minimum absolute atomic E-state index is 0.0114. The summed E-state index contributed by atoms with van der Waals surface area (Å²) in [7, 11) is 0. The fraction of sp³-hybridized carbons (Fsp3) is 0.467. The van der Waals surface area contributed by atoms with E-state index in [4.69, 9.17) is 19.3 Å². The smallest absolute Gasteiger partial charge is 0.119 e. The molecular weight excluding hydrogens is 244 g/mol. The summed E-state index contributed by atoms with van der Waals surface area (Å²) in [5.74, 6) is 0.798. The van der Waals surface area contributed by atoms with Crippen LogP contribution in [-0.4, -0.2) is 44.2 Å². The summed E-state index contributed by atoms with van der Waals surface area (Å²) >= 11 is 0. The number of benzene rings is 1. The van der Waals surface area contributed by atoms with Crippen LogP contribution in [0, 0.1) is 6.92 Å². The maximum absolute atomic E-state index is 8.78. The van der Waals surface area contributed by atoms with E-state index in [0.717, 1.165) is 5.75 Å². The van der Waals surface area contributed by atoms with Gasteiger partial charge in [-0.2, -0.15) is 0 Å². The van der Waals surface area contributed by atoms with Crippen LogP contribution in [-0.2, 0) is 9.47 Å². The number of hydrogen-bond donors (Lipinski definition) is 1. The van der Waals surface area contributed by atoms with Crippen LogP contribution >= 0.6 is 0 Å². The van der Waals surface area contributed by atoms with Crippen LogP contribution in [0.25, 0.3) is 0 Å². The van der Waals surface area contributed by atoms with Crippen molar-refractivity contribution in [1.82, 2.24) is 0 Å². The summed E-state index contributed by atoms with van der Waals surface area (Å²) in [4.78, 5) is 0. The molecule has 4 nitrogen and oxygen atoms in total. The number of aryl methyl sites for hydroxylation is 1. The van der Waals surface area contributed by atoms with Crippen molar-refractivity contribution in [3.63, 3.8) is 0 Å². The second-order valence-corrected chi connectivity index (χ2v) is 4.17. The SMILES string of the molecule is C=CCOCC(COc1ccc(C)cc1)OCCO. The molecule has 1 aromatic carbocycles. The van der Waals surface area contributed by atoms with E-state index in [0.29, 0.717) is 19.8 Å². The fourth-order valence-electron chi connectivity index (χ4n) is 1.47. The molecule has 0 radical (unpaired) electrons. The number of aliphatic hydroxyl groups is 1. The van der Waals surface area contributed by atoms with E-state index in [2.05, 4.69) is 6.58 Å². The topological polar surface area (TPSA) is 47.9 Å². The van der Waals surface area contributed by atoms with E-state index < -0.39 is 0 Å². The first-order valence-electron chi connectivity index (χ1n) is 6.37. The Morgan fingerprint density at radius 3 is 2.63 bits per heavy atom. The Bertz CT molecular complexity index is 348. The summed E-state index contributed by atoms with van der Waals surface area (Å²) in [5.41, 5.74) is 1.19. The first kappa shape index (κ1) is 15.7. The molecule has 0 fully saturated rings. The van der Waals surface area contributed by atoms with Gasteiger partial charge in [-0.15, -0.1) is 6.58 Å². The zero-order valence-corrected chi connectivity index (χ0v) is 11.4. The van der Waals surface area contributed by atoms with Crippen molar-refractivity contribution < 1.29 is 19.3 Å². The molecule has 106 valence electrons. The van der Waals surface area contributed by atoms with Gasteiger partial charge >= 0.3 is 0 Å². The summed E-state index contributed by atoms with van der Waals surface area (Å²) in [6, 6.07) is 7.83. The molecule has 0 amide bonds. The van der Waals surface area contributed by atoms with Crippen LogP contribution in [0.15, 0.2) is 36.9 Å². The molecule has 4 heteroatoms. The maximum Gasteiger partial charge on any atom is 0.119 e. The van der Waals surface area contributed by atoms with Crippen LogP contribution < -0.4 is 4.74 Å². The summed E-state index contributed by atoms with van der Waals surface area (Å²) in [6.45, 7) is 7.16. The Balaban J connectivity index is 2.37. The predicted molar refractivity (Wildman–Crippen MR) is 74.5 cm³/mol. The van der Waals surface area contributed by atoms with E-state index in [1.165, 1.54) is 5.56 Å². The average molecular weight is 266 g/mol. The lowest BCUT2D eigenvalue weighted by Gasteiger charge is -2.18. The Hall–Kier alpha value is -1.36. The number of ether oxygens (including phenoxy) is 3. The molecule has 0 aromatic heterocycles. The quantitative estimate of drug-likeness (QED) is 0.519. The van der Waals surface area contributed by atoms with Gasteiger partial charge < -0.3 is 19.3 Å². The highest BCUT2D eigenvalue weighted by atomic mass is 16.6. The van der Waals surface area contributed by atoms with Crippen molar-refractivity contribution in [2.24, 2.45) is 0 Å². The van der Waals surface area contributed by atoms with Crippen molar-refractivity contribution in [3.8, 4) is 5.75 Å². The highest BCUT2D eigenvalue weighted by molar-refractivity contribution is 5.26. The van der Waals surface area contributed by atoms with Crippen LogP contribution in [0.1, 0.15) is 5.56 Å². The Kier molecular flexibility index (Phi) is 7.89. The van der Waals surface area contributed by atoms with Crippen molar-refractivity contribution in [3.05, 3.63) is 42.5 Å². The summed E-state index contributed by atoms with van der Waals surface area (Å²) in [6.07, 6.45) is 1.48. The number of rotatable bonds is 10. The van der Waals surface area contributed by atoms with Crippen molar-refractivity contribution in [2.45, 2.75) is 13.0 Å². The van der Waals surface area contributed by atoms with Crippen LogP contribution in [0.2, 0.25) is 0 Å². The second-order valence-electron chi connectivity index (χ2n) is 4.17. The van der Waals surface area contributed by atoms with E-state index in [9.17, 15) is 0 Å². The molecule has 19 heavy (non-hydrogen) atoms. The Labute approximate surface area is 114 Å². The Morgan fingerprint density at radius 2 is 2.00 bits per heavy atom. The lowest BCUT2D eigenvalue weighted by molar-refractivity contribution is -0.0418. The van der Waals surface area contributed by atoms with E-state index in [1.54, 1.807) is 6.08 Å². The predicted octanol–water partition coefficient (Wildman–Crippen LogP) is 1.95. The van der Waals surface area contributed by atoms with Gasteiger partial charge in [-0.25, -0.2) is 0 Å². The monoisotopic (exact) mass is 266 g/mol. The number of aliphatic hydroxyl groups excluding tert-OH is 1. The highest BCUT2D eigenvalue weighted by Crippen LogP contribution is 2.12. The molecule has 0 saturated carbocycles. The van der Waals surface area contributed by atoms with Gasteiger partial charge in [0.15, 0.2) is 0 Å². The average Bonchev–Trinajstić information content (AvgIpc) is 2.43. The highest BCUT2D eigenvalue weighted by Gasteiger charge is 2.10. The zero-order valence-electron chi connectivity index (χ0n) is 11.4. The van der Waals surface area contributed by atoms with Gasteiger partial charge in [0.25, 0.3) is 0 Å². The van der Waals surface area contributed by atoms with Crippen molar-refractivity contribution >= 4 is 0 Å². The number of hydrogen-bond acceptors (Lipinski definition) is 4. The third-order valence-electron chi connectivity index (χ3n) is 2.44. The molecule has 0 bridgehead atoms. The molecular formula is C15H22O4. The summed E-state index contributed by atoms with van der Waals surface area (Å²) < 4.78 is 16.4. The van der Waals surface area contributed by atoms with Gasteiger partial charge in [-0.3, -0.25) is 0 Å². The molecule has 1 N–H and O–H groups in total. The van der Waals surface area contributed by atoms with Gasteiger partial charge in [0.2, 0.25) is 0 Å². The molecule has 0 aliphatic heterocycles. The lowest BCUT2D eigenvalue weighted by atomic mass is 10.2. The molecule has 0 aliphatic rings. The van der Waals surface area contributed by atoms with E-state index in [-0.39, 0.29) is 19.3 Å². The zero-order chi connectivity index (χ0) is 13.9. The third kappa shape index (κ3) is 6.96. The summed E-state index contributed by atoms with van der Waals surface area (Å²) in [5, 5.41) is 8.78. The molecule has 0 aliphatic carbocycles. The first-order valence-corrected chi connectivity index (χ1v) is 6.37. The van der Waals surface area contributed by atoms with Gasteiger partial charge in [-0.05, 0) is 19.1 Å². The molecule has 1 rings (SSSR count). The minimum Gasteiger partial charge on any atom is -0.491 e. The van der Waals surface area contributed by atoms with Crippen LogP contribution in [0.5, 0.6) is 5.75 Å². The normalized spacial score (nSPS) is 12.1. The van der Waals surface area contributed by atoms with Gasteiger partial charge in [0.1, 0.15) is 18.5 Å². The lowest BCUT2D eigenvalue weighted by Crippen LogP contribution is -2.28. The van der Waals surface area contributed by atoms with Gasteiger partial charge in [-0.1, -0.05) is 23.8 Å². The molecule has 1 unspecified atom stereocenters. The van der Waals surface area contributed by atoms with Crippen LogP contribution in [0.3, 0.4) is 0 Å². The molecule has 0 heterocycles. The maximum atomic E-state index is 8.78.